The predicted octanol–water partition coefficient (Wildman–Crippen LogP) is 3.94. The number of non-ortho nitro benzene ring substituents is 1. The second kappa shape index (κ2) is 8.66. The number of halogens is 2. The molecule has 1 fully saturated rings. The Hall–Kier alpha value is -2.20. The van der Waals surface area contributed by atoms with Crippen LogP contribution in [0.3, 0.4) is 0 Å². The maximum Gasteiger partial charge on any atom is 0.271 e. The van der Waals surface area contributed by atoms with Crippen molar-refractivity contribution in [2.45, 2.75) is 17.7 Å². The number of nitro benzene ring substituents is 1. The summed E-state index contributed by atoms with van der Waals surface area (Å²) in [6, 6.07) is 9.56. The lowest BCUT2D eigenvalue weighted by Crippen LogP contribution is -2.43. The first-order valence-electron chi connectivity index (χ1n) is 8.69. The summed E-state index contributed by atoms with van der Waals surface area (Å²) in [7, 11) is -3.76. The van der Waals surface area contributed by atoms with E-state index >= 15 is 0 Å². The standard InChI is InChI=1S/C18H17Cl2N3O5S/c19-13-3-6-15(7-4-13)29(27,28)22-9-1-2-12(11-22)18(24)21-17-10-14(23(25)26)5-8-16(17)20/h3-8,10,12H,1-2,9,11H2,(H,21,24). The van der Waals surface area contributed by atoms with Gasteiger partial charge in [0.1, 0.15) is 0 Å². The van der Waals surface area contributed by atoms with Crippen LogP contribution in [-0.2, 0) is 14.8 Å². The van der Waals surface area contributed by atoms with E-state index in [0.29, 0.717) is 24.4 Å². The first-order valence-corrected chi connectivity index (χ1v) is 10.9. The largest absolute Gasteiger partial charge is 0.324 e. The molecule has 1 amide bonds. The molecule has 1 aliphatic rings. The molecule has 1 heterocycles. The summed E-state index contributed by atoms with van der Waals surface area (Å²) in [5.41, 5.74) is -0.0937. The third-order valence-electron chi connectivity index (χ3n) is 4.62. The summed E-state index contributed by atoms with van der Waals surface area (Å²) in [6.07, 6.45) is 0.999. The molecule has 0 aliphatic carbocycles. The van der Waals surface area contributed by atoms with E-state index < -0.39 is 26.8 Å². The molecule has 1 N–H and O–H groups in total. The average Bonchev–Trinajstić information content (AvgIpc) is 2.70. The maximum atomic E-state index is 12.9. The van der Waals surface area contributed by atoms with Crippen LogP contribution in [-0.4, -0.2) is 36.6 Å². The van der Waals surface area contributed by atoms with Crippen LogP contribution in [0.5, 0.6) is 0 Å². The van der Waals surface area contributed by atoms with E-state index in [1.807, 2.05) is 0 Å². The Morgan fingerprint density at radius 2 is 1.86 bits per heavy atom. The fourth-order valence-corrected chi connectivity index (χ4v) is 4.90. The van der Waals surface area contributed by atoms with Crippen molar-refractivity contribution in [2.24, 2.45) is 5.92 Å². The minimum Gasteiger partial charge on any atom is -0.324 e. The highest BCUT2D eigenvalue weighted by Crippen LogP contribution is 2.29. The van der Waals surface area contributed by atoms with Gasteiger partial charge in [-0.05, 0) is 43.2 Å². The summed E-state index contributed by atoms with van der Waals surface area (Å²) in [4.78, 5) is 23.1. The molecule has 2 aromatic rings. The number of benzene rings is 2. The molecule has 0 saturated carbocycles. The van der Waals surface area contributed by atoms with E-state index in [4.69, 9.17) is 23.2 Å². The molecule has 1 unspecified atom stereocenters. The smallest absolute Gasteiger partial charge is 0.271 e. The molecule has 3 rings (SSSR count). The number of hydrogen-bond donors (Lipinski definition) is 1. The van der Waals surface area contributed by atoms with Crippen LogP contribution in [0.1, 0.15) is 12.8 Å². The van der Waals surface area contributed by atoms with E-state index in [1.165, 1.54) is 46.8 Å². The van der Waals surface area contributed by atoms with Gasteiger partial charge in [-0.1, -0.05) is 23.2 Å². The number of nitrogens with one attached hydrogen (secondary N) is 1. The quantitative estimate of drug-likeness (QED) is 0.539. The first-order chi connectivity index (χ1) is 13.7. The maximum absolute atomic E-state index is 12.9. The van der Waals surface area contributed by atoms with Crippen molar-refractivity contribution in [2.75, 3.05) is 18.4 Å². The van der Waals surface area contributed by atoms with Crippen molar-refractivity contribution < 1.29 is 18.1 Å². The number of nitro groups is 1. The predicted molar refractivity (Wildman–Crippen MR) is 110 cm³/mol. The van der Waals surface area contributed by atoms with Gasteiger partial charge in [-0.3, -0.25) is 14.9 Å². The van der Waals surface area contributed by atoms with Crippen molar-refractivity contribution in [3.63, 3.8) is 0 Å². The molecule has 154 valence electrons. The van der Waals surface area contributed by atoms with Crippen LogP contribution in [0.25, 0.3) is 0 Å². The van der Waals surface area contributed by atoms with E-state index in [2.05, 4.69) is 5.32 Å². The summed E-state index contributed by atoms with van der Waals surface area (Å²) >= 11 is 11.8. The number of carbonyl (C=O) groups is 1. The summed E-state index contributed by atoms with van der Waals surface area (Å²) < 4.78 is 27.0. The monoisotopic (exact) mass is 457 g/mol. The molecule has 8 nitrogen and oxygen atoms in total. The summed E-state index contributed by atoms with van der Waals surface area (Å²) in [5.74, 6) is -1.05. The zero-order valence-electron chi connectivity index (χ0n) is 15.0. The molecule has 1 aliphatic heterocycles. The Morgan fingerprint density at radius 3 is 2.52 bits per heavy atom. The Kier molecular flexibility index (Phi) is 6.42. The van der Waals surface area contributed by atoms with Gasteiger partial charge < -0.3 is 5.32 Å². The molecule has 0 spiro atoms. The molecule has 1 saturated heterocycles. The molecule has 0 bridgehead atoms. The van der Waals surface area contributed by atoms with Gasteiger partial charge in [0, 0.05) is 30.2 Å². The molecular formula is C18H17Cl2N3O5S. The highest BCUT2D eigenvalue weighted by atomic mass is 35.5. The van der Waals surface area contributed by atoms with Crippen LogP contribution in [0, 0.1) is 16.0 Å². The lowest BCUT2D eigenvalue weighted by Gasteiger charge is -2.31. The van der Waals surface area contributed by atoms with E-state index in [9.17, 15) is 23.3 Å². The van der Waals surface area contributed by atoms with Crippen LogP contribution >= 0.6 is 23.2 Å². The highest BCUT2D eigenvalue weighted by Gasteiger charge is 2.33. The molecule has 0 radical (unpaired) electrons. The van der Waals surface area contributed by atoms with E-state index in [0.717, 1.165) is 0 Å². The molecule has 2 aromatic carbocycles. The van der Waals surface area contributed by atoms with Crippen LogP contribution < -0.4 is 5.32 Å². The minimum atomic E-state index is -3.76. The summed E-state index contributed by atoms with van der Waals surface area (Å²) in [6.45, 7) is 0.301. The number of nitrogens with zero attached hydrogens (tertiary/aromatic N) is 2. The Labute approximate surface area is 177 Å². The summed E-state index contributed by atoms with van der Waals surface area (Å²) in [5, 5.41) is 14.1. The average molecular weight is 458 g/mol. The van der Waals surface area contributed by atoms with E-state index in [1.54, 1.807) is 0 Å². The van der Waals surface area contributed by atoms with Crippen LogP contribution in [0.4, 0.5) is 11.4 Å². The molecule has 0 aromatic heterocycles. The Balaban J connectivity index is 1.75. The first kappa shape index (κ1) is 21.5. The number of piperidine rings is 1. The third-order valence-corrected chi connectivity index (χ3v) is 7.09. The highest BCUT2D eigenvalue weighted by molar-refractivity contribution is 7.89. The van der Waals surface area contributed by atoms with Crippen molar-refractivity contribution >= 4 is 50.5 Å². The van der Waals surface area contributed by atoms with Gasteiger partial charge in [0.05, 0.1) is 26.4 Å². The second-order valence-corrected chi connectivity index (χ2v) is 9.35. The van der Waals surface area contributed by atoms with E-state index in [-0.39, 0.29) is 27.8 Å². The van der Waals surface area contributed by atoms with Crippen molar-refractivity contribution in [3.05, 3.63) is 62.6 Å². The number of amides is 1. The number of anilines is 1. The van der Waals surface area contributed by atoms with Crippen molar-refractivity contribution in [1.82, 2.24) is 4.31 Å². The number of carbonyl (C=O) groups excluding carboxylic acids is 1. The second-order valence-electron chi connectivity index (χ2n) is 6.57. The van der Waals surface area contributed by atoms with Gasteiger partial charge in [-0.25, -0.2) is 8.42 Å². The zero-order valence-corrected chi connectivity index (χ0v) is 17.4. The molecule has 29 heavy (non-hydrogen) atoms. The van der Waals surface area contributed by atoms with Gasteiger partial charge >= 0.3 is 0 Å². The molecular weight excluding hydrogens is 441 g/mol. The van der Waals surface area contributed by atoms with Gasteiger partial charge in [-0.2, -0.15) is 4.31 Å². The molecule has 1 atom stereocenters. The van der Waals surface area contributed by atoms with Gasteiger partial charge in [0.25, 0.3) is 5.69 Å². The Morgan fingerprint density at radius 1 is 1.17 bits per heavy atom. The number of hydrogen-bond acceptors (Lipinski definition) is 5. The fraction of sp³-hybridized carbons (Fsp3) is 0.278. The van der Waals surface area contributed by atoms with Gasteiger partial charge in [0.15, 0.2) is 0 Å². The SMILES string of the molecule is O=C(Nc1cc([N+](=O)[O-])ccc1Cl)C1CCCN(S(=O)(=O)c2ccc(Cl)cc2)C1. The van der Waals surface area contributed by atoms with Gasteiger partial charge in [0.2, 0.25) is 15.9 Å². The van der Waals surface area contributed by atoms with Crippen LogP contribution in [0.2, 0.25) is 10.0 Å². The lowest BCUT2D eigenvalue weighted by molar-refractivity contribution is -0.384. The lowest BCUT2D eigenvalue weighted by atomic mass is 9.98. The molecule has 11 heteroatoms. The fourth-order valence-electron chi connectivity index (χ4n) is 3.09. The van der Waals surface area contributed by atoms with Gasteiger partial charge in [-0.15, -0.1) is 0 Å². The Bertz CT molecular complexity index is 1040. The number of rotatable bonds is 5. The van der Waals surface area contributed by atoms with Crippen molar-refractivity contribution in [3.8, 4) is 0 Å². The zero-order chi connectivity index (χ0) is 21.2. The normalized spacial score (nSPS) is 17.7. The minimum absolute atomic E-state index is 0.00331. The third kappa shape index (κ3) is 4.87. The number of sulfonamides is 1. The van der Waals surface area contributed by atoms with Crippen LogP contribution in [0.15, 0.2) is 47.4 Å². The topological polar surface area (TPSA) is 110 Å². The van der Waals surface area contributed by atoms with Crippen molar-refractivity contribution in [1.29, 1.82) is 0 Å².